The van der Waals surface area contributed by atoms with Gasteiger partial charge in [0.1, 0.15) is 18.6 Å². The summed E-state index contributed by atoms with van der Waals surface area (Å²) in [5, 5.41) is 11.6. The van der Waals surface area contributed by atoms with E-state index < -0.39 is 10.5 Å². The van der Waals surface area contributed by atoms with Gasteiger partial charge in [-0.05, 0) is 53.8 Å². The number of piperazine rings is 1. The molecule has 0 saturated carbocycles. The number of imidazole rings is 1. The zero-order valence-corrected chi connectivity index (χ0v) is 19.6. The topological polar surface area (TPSA) is 85.9 Å². The van der Waals surface area contributed by atoms with Crippen LogP contribution in [0.3, 0.4) is 0 Å². The number of hydrogen-bond donors (Lipinski definition) is 0. The second-order valence-electron chi connectivity index (χ2n) is 8.99. The van der Waals surface area contributed by atoms with Gasteiger partial charge in [-0.15, -0.1) is 0 Å². The maximum Gasteiger partial charge on any atom is 0.415 e. The first-order chi connectivity index (χ1) is 16.4. The third-order valence-corrected chi connectivity index (χ3v) is 6.45. The normalized spacial score (nSPS) is 20.1. The van der Waals surface area contributed by atoms with Gasteiger partial charge in [0.05, 0.1) is 6.54 Å². The van der Waals surface area contributed by atoms with Crippen molar-refractivity contribution in [3.8, 4) is 11.8 Å². The van der Waals surface area contributed by atoms with Crippen molar-refractivity contribution in [2.75, 3.05) is 37.7 Å². The summed E-state index contributed by atoms with van der Waals surface area (Å²) in [6, 6.07) is 16.4. The summed E-state index contributed by atoms with van der Waals surface area (Å²) >= 11 is 5.98. The third kappa shape index (κ3) is 4.95. The summed E-state index contributed by atoms with van der Waals surface area (Å²) < 4.78 is 13.4. The number of hydrogen-bond acceptors (Lipinski definition) is 7. The van der Waals surface area contributed by atoms with Crippen molar-refractivity contribution < 1.29 is 14.4 Å². The predicted octanol–water partition coefficient (Wildman–Crippen LogP) is 4.00. The van der Waals surface area contributed by atoms with Gasteiger partial charge in [0, 0.05) is 48.4 Å². The van der Waals surface area contributed by atoms with Crippen molar-refractivity contribution in [1.82, 2.24) is 14.5 Å². The van der Waals surface area contributed by atoms with E-state index in [2.05, 4.69) is 39.0 Å². The molecule has 1 aromatic heterocycles. The standard InChI is InChI=1S/C24H26ClN5O4/c1-24(16-29-15-22(30(31)32)26-23(29)34-24)17-33-21-8-6-20(7-9-21)28-12-10-27(11-13-28)14-18-2-4-19(25)5-3-18/h2-9,15H,10-14,16-17H2,1H3/t24-/m1/s1. The number of fused-ring (bicyclic) bond motifs is 1. The molecule has 0 amide bonds. The zero-order valence-electron chi connectivity index (χ0n) is 18.9. The molecule has 1 atom stereocenters. The first kappa shape index (κ1) is 22.5. The van der Waals surface area contributed by atoms with Crippen LogP contribution in [0.1, 0.15) is 12.5 Å². The molecule has 9 nitrogen and oxygen atoms in total. The molecule has 0 spiro atoms. The van der Waals surface area contributed by atoms with Gasteiger partial charge in [-0.3, -0.25) is 9.47 Å². The van der Waals surface area contributed by atoms with Crippen molar-refractivity contribution in [3.05, 3.63) is 75.4 Å². The molecule has 0 unspecified atom stereocenters. The maximum absolute atomic E-state index is 10.9. The third-order valence-electron chi connectivity index (χ3n) is 6.19. The SMILES string of the molecule is C[C@]1(COc2ccc(N3CCN(Cc4ccc(Cl)cc4)CC3)cc2)Cn2cc([N+](=O)[O-])nc2O1. The van der Waals surface area contributed by atoms with Gasteiger partial charge in [-0.2, -0.15) is 0 Å². The number of anilines is 1. The fourth-order valence-corrected chi connectivity index (χ4v) is 4.48. The maximum atomic E-state index is 10.9. The molecular formula is C24H26ClN5O4. The van der Waals surface area contributed by atoms with Crippen molar-refractivity contribution in [1.29, 1.82) is 0 Å². The molecule has 10 heteroatoms. The molecule has 0 radical (unpaired) electrons. The van der Waals surface area contributed by atoms with E-state index in [0.29, 0.717) is 13.2 Å². The Hall–Kier alpha value is -3.30. The van der Waals surface area contributed by atoms with Crippen LogP contribution in [-0.4, -0.2) is 57.8 Å². The molecule has 0 aliphatic carbocycles. The predicted molar refractivity (Wildman–Crippen MR) is 129 cm³/mol. The summed E-state index contributed by atoms with van der Waals surface area (Å²) in [5.74, 6) is 0.546. The smallest absolute Gasteiger partial charge is 0.415 e. The van der Waals surface area contributed by atoms with Crippen molar-refractivity contribution >= 4 is 23.1 Å². The van der Waals surface area contributed by atoms with Gasteiger partial charge in [-0.1, -0.05) is 23.7 Å². The van der Waals surface area contributed by atoms with Crippen molar-refractivity contribution in [2.24, 2.45) is 0 Å². The van der Waals surface area contributed by atoms with E-state index in [0.717, 1.165) is 43.5 Å². The minimum Gasteiger partial charge on any atom is -0.489 e. The van der Waals surface area contributed by atoms with E-state index in [-0.39, 0.29) is 11.8 Å². The molecule has 0 bridgehead atoms. The molecule has 34 heavy (non-hydrogen) atoms. The molecule has 5 rings (SSSR count). The fraction of sp³-hybridized carbons (Fsp3) is 0.375. The second-order valence-corrected chi connectivity index (χ2v) is 9.43. The number of halogens is 1. The van der Waals surface area contributed by atoms with Crippen LogP contribution in [0.4, 0.5) is 11.5 Å². The summed E-state index contributed by atoms with van der Waals surface area (Å²) in [6.07, 6.45) is 1.39. The lowest BCUT2D eigenvalue weighted by atomic mass is 10.1. The molecule has 178 valence electrons. The lowest BCUT2D eigenvalue weighted by Crippen LogP contribution is -2.45. The Bertz CT molecular complexity index is 1130. The average molecular weight is 484 g/mol. The number of rotatable bonds is 7. The molecular weight excluding hydrogens is 458 g/mol. The molecule has 2 aliphatic heterocycles. The number of benzene rings is 2. The van der Waals surface area contributed by atoms with E-state index >= 15 is 0 Å². The molecule has 2 aliphatic rings. The summed E-state index contributed by atoms with van der Waals surface area (Å²) in [6.45, 7) is 7.55. The average Bonchev–Trinajstić information content (AvgIpc) is 3.36. The fourth-order valence-electron chi connectivity index (χ4n) is 4.36. The van der Waals surface area contributed by atoms with Gasteiger partial charge in [0.15, 0.2) is 5.60 Å². The highest BCUT2D eigenvalue weighted by Gasteiger charge is 2.41. The second kappa shape index (κ2) is 9.15. The highest BCUT2D eigenvalue weighted by molar-refractivity contribution is 6.30. The van der Waals surface area contributed by atoms with Crippen molar-refractivity contribution in [2.45, 2.75) is 25.6 Å². The summed E-state index contributed by atoms with van der Waals surface area (Å²) in [4.78, 5) is 19.1. The lowest BCUT2D eigenvalue weighted by Gasteiger charge is -2.36. The van der Waals surface area contributed by atoms with Crippen LogP contribution in [0.15, 0.2) is 54.7 Å². The van der Waals surface area contributed by atoms with Crippen LogP contribution < -0.4 is 14.4 Å². The Labute approximate surface area is 202 Å². The number of nitrogens with zero attached hydrogens (tertiary/aromatic N) is 5. The van der Waals surface area contributed by atoms with Crippen LogP contribution in [0, 0.1) is 10.1 Å². The van der Waals surface area contributed by atoms with Gasteiger partial charge < -0.3 is 24.5 Å². The van der Waals surface area contributed by atoms with Gasteiger partial charge in [0.2, 0.25) is 0 Å². The van der Waals surface area contributed by atoms with Crippen molar-refractivity contribution in [3.63, 3.8) is 0 Å². The Kier molecular flexibility index (Phi) is 6.05. The zero-order chi connectivity index (χ0) is 23.7. The highest BCUT2D eigenvalue weighted by atomic mass is 35.5. The quantitative estimate of drug-likeness (QED) is 0.371. The molecule has 3 heterocycles. The molecule has 0 N–H and O–H groups in total. The first-order valence-corrected chi connectivity index (χ1v) is 11.6. The van der Waals surface area contributed by atoms with Gasteiger partial charge in [-0.25, -0.2) is 0 Å². The summed E-state index contributed by atoms with van der Waals surface area (Å²) in [7, 11) is 0. The monoisotopic (exact) mass is 483 g/mol. The van der Waals surface area contributed by atoms with Crippen LogP contribution in [0.5, 0.6) is 11.8 Å². The van der Waals surface area contributed by atoms with E-state index in [9.17, 15) is 10.1 Å². The molecule has 1 saturated heterocycles. The van der Waals surface area contributed by atoms with Crippen LogP contribution >= 0.6 is 11.6 Å². The number of nitro groups is 1. The van der Waals surface area contributed by atoms with Gasteiger partial charge >= 0.3 is 11.8 Å². The Balaban J connectivity index is 1.10. The molecule has 3 aromatic rings. The van der Waals surface area contributed by atoms with E-state index in [4.69, 9.17) is 21.1 Å². The number of ether oxygens (including phenoxy) is 2. The largest absolute Gasteiger partial charge is 0.489 e. The summed E-state index contributed by atoms with van der Waals surface area (Å²) in [5.41, 5.74) is 1.83. The van der Waals surface area contributed by atoms with Crippen LogP contribution in [0.2, 0.25) is 5.02 Å². The number of aromatic nitrogens is 2. The minimum atomic E-state index is -0.628. The highest BCUT2D eigenvalue weighted by Crippen LogP contribution is 2.31. The van der Waals surface area contributed by atoms with Crippen LogP contribution in [-0.2, 0) is 13.1 Å². The lowest BCUT2D eigenvalue weighted by molar-refractivity contribution is -0.389. The molecule has 1 fully saturated rings. The Morgan fingerprint density at radius 1 is 1.12 bits per heavy atom. The van der Waals surface area contributed by atoms with E-state index in [1.54, 1.807) is 4.57 Å². The van der Waals surface area contributed by atoms with E-state index in [1.807, 2.05) is 31.2 Å². The Morgan fingerprint density at radius 2 is 1.82 bits per heavy atom. The molecule has 2 aromatic carbocycles. The first-order valence-electron chi connectivity index (χ1n) is 11.2. The Morgan fingerprint density at radius 3 is 2.47 bits per heavy atom. The minimum absolute atomic E-state index is 0.209. The van der Waals surface area contributed by atoms with Gasteiger partial charge in [0.25, 0.3) is 0 Å². The van der Waals surface area contributed by atoms with E-state index in [1.165, 1.54) is 17.4 Å². The van der Waals surface area contributed by atoms with Crippen LogP contribution in [0.25, 0.3) is 0 Å².